The average molecular weight is 646 g/mol. The van der Waals surface area contributed by atoms with Gasteiger partial charge in [-0.2, -0.15) is 0 Å². The van der Waals surface area contributed by atoms with Gasteiger partial charge in [0.1, 0.15) is 12.4 Å². The Kier molecular flexibility index (Phi) is 9.75. The van der Waals surface area contributed by atoms with Gasteiger partial charge in [-0.05, 0) is 86.8 Å². The zero-order chi connectivity index (χ0) is 32.0. The minimum atomic E-state index is -0.627. The molecule has 0 saturated carbocycles. The van der Waals surface area contributed by atoms with Gasteiger partial charge < -0.3 is 29.3 Å². The smallest absolute Gasteiger partial charge is 0.327 e. The summed E-state index contributed by atoms with van der Waals surface area (Å²) in [5.41, 5.74) is 1.83. The predicted molar refractivity (Wildman–Crippen MR) is 179 cm³/mol. The number of aromatic nitrogens is 1. The lowest BCUT2D eigenvalue weighted by atomic mass is 9.99. The van der Waals surface area contributed by atoms with Gasteiger partial charge in [-0.15, -0.1) is 0 Å². The van der Waals surface area contributed by atoms with E-state index in [1.807, 2.05) is 23.1 Å². The molecule has 2 amide bonds. The van der Waals surface area contributed by atoms with E-state index in [1.165, 1.54) is 29.9 Å². The predicted octanol–water partition coefficient (Wildman–Crippen LogP) is 8.11. The highest BCUT2D eigenvalue weighted by Crippen LogP contribution is 2.38. The molecule has 3 aromatic carbocycles. The maximum Gasteiger partial charge on any atom is 0.327 e. The molecule has 9 nitrogen and oxygen atoms in total. The minimum Gasteiger partial charge on any atom is -0.493 e. The fourth-order valence-electron chi connectivity index (χ4n) is 5.57. The van der Waals surface area contributed by atoms with Crippen LogP contribution in [-0.4, -0.2) is 60.8 Å². The molecule has 2 aliphatic heterocycles. The number of hydrogen-bond acceptors (Lipinski definition) is 7. The molecular formula is C35H37ClFN5O4. The van der Waals surface area contributed by atoms with Crippen molar-refractivity contribution in [3.8, 4) is 23.0 Å². The molecule has 4 aromatic rings. The van der Waals surface area contributed by atoms with E-state index < -0.39 is 11.8 Å². The quantitative estimate of drug-likeness (QED) is 0.175. The van der Waals surface area contributed by atoms with E-state index in [-0.39, 0.29) is 5.75 Å². The van der Waals surface area contributed by atoms with Crippen LogP contribution in [0.25, 0.3) is 10.9 Å². The van der Waals surface area contributed by atoms with Crippen LogP contribution in [0.2, 0.25) is 5.02 Å². The van der Waals surface area contributed by atoms with E-state index in [9.17, 15) is 4.79 Å². The van der Waals surface area contributed by atoms with Crippen molar-refractivity contribution in [2.75, 3.05) is 50.2 Å². The zero-order valence-corrected chi connectivity index (χ0v) is 26.7. The number of methoxy groups -OCH3 is 1. The maximum absolute atomic E-state index is 15.2. The van der Waals surface area contributed by atoms with Crippen LogP contribution in [0.3, 0.4) is 0 Å². The van der Waals surface area contributed by atoms with Crippen molar-refractivity contribution in [2.24, 2.45) is 5.92 Å². The van der Waals surface area contributed by atoms with Crippen LogP contribution < -0.4 is 24.4 Å². The van der Waals surface area contributed by atoms with Crippen LogP contribution in [-0.2, 0) is 0 Å². The summed E-state index contributed by atoms with van der Waals surface area (Å²) in [6.07, 6.45) is 8.48. The summed E-state index contributed by atoms with van der Waals surface area (Å²) < 4.78 is 32.9. The van der Waals surface area contributed by atoms with Gasteiger partial charge in [-0.25, -0.2) is 9.18 Å². The lowest BCUT2D eigenvalue weighted by Gasteiger charge is -2.30. The number of benzene rings is 3. The van der Waals surface area contributed by atoms with Gasteiger partial charge in [0.05, 0.1) is 19.2 Å². The number of fused-ring (bicyclic) bond motifs is 1. The number of nitrogens with zero attached hydrogens (tertiary/aromatic N) is 4. The molecule has 11 heteroatoms. The number of urea groups is 1. The average Bonchev–Trinajstić information content (AvgIpc) is 3.56. The van der Waals surface area contributed by atoms with Crippen molar-refractivity contribution >= 4 is 39.9 Å². The van der Waals surface area contributed by atoms with Gasteiger partial charge in [0.25, 0.3) is 0 Å². The molecule has 0 atom stereocenters. The van der Waals surface area contributed by atoms with Crippen LogP contribution in [0, 0.1) is 11.7 Å². The monoisotopic (exact) mass is 645 g/mol. The number of anilines is 2. The van der Waals surface area contributed by atoms with Crippen LogP contribution in [0.15, 0.2) is 79.3 Å². The van der Waals surface area contributed by atoms with E-state index in [1.54, 1.807) is 56.0 Å². The SMILES string of the molecule is COc1cc2c(Oc3ccc(NC(=O)N4C=CN(c5ccc(Cl)cc5)C4)cc3F)ccnc2cc1OCCCN1CCC(C)CC1. The molecule has 1 fully saturated rings. The molecule has 0 unspecified atom stereocenters. The standard InChI is InChI=1S/C35H37ClFN5O4/c1-24-11-15-40(16-12-24)14-3-19-45-34-22-30-28(21-33(34)44-2)31(10-13-38-30)46-32-9-6-26(20-29(32)37)39-35(43)42-18-17-41(23-42)27-7-4-25(36)5-8-27/h4-10,13,17-18,20-22,24H,3,11-12,14-16,19,23H2,1-2H3,(H,39,43). The molecule has 1 saturated heterocycles. The van der Waals surface area contributed by atoms with Gasteiger partial charge >= 0.3 is 6.03 Å². The first kappa shape index (κ1) is 31.4. The maximum atomic E-state index is 15.2. The summed E-state index contributed by atoms with van der Waals surface area (Å²) >= 11 is 5.98. The normalized spacial score (nSPS) is 15.4. The van der Waals surface area contributed by atoms with Crippen LogP contribution in [0.4, 0.5) is 20.6 Å². The van der Waals surface area contributed by atoms with Gasteiger partial charge in [0.15, 0.2) is 23.1 Å². The molecule has 0 aliphatic carbocycles. The molecule has 6 rings (SSSR count). The van der Waals surface area contributed by atoms with Gasteiger partial charge in [0.2, 0.25) is 0 Å². The fourth-order valence-corrected chi connectivity index (χ4v) is 5.70. The Balaban J connectivity index is 1.07. The molecule has 2 aliphatic rings. The Hall–Kier alpha value is -4.54. The number of carbonyl (C=O) groups is 1. The van der Waals surface area contributed by atoms with Crippen LogP contribution in [0.1, 0.15) is 26.2 Å². The fraction of sp³-hybridized carbons (Fsp3) is 0.314. The van der Waals surface area contributed by atoms with Crippen molar-refractivity contribution in [1.82, 2.24) is 14.8 Å². The van der Waals surface area contributed by atoms with Crippen molar-refractivity contribution in [3.63, 3.8) is 0 Å². The Bertz CT molecular complexity index is 1710. The molecular weight excluding hydrogens is 609 g/mol. The Morgan fingerprint density at radius 3 is 2.57 bits per heavy atom. The summed E-state index contributed by atoms with van der Waals surface area (Å²) in [7, 11) is 1.58. The highest BCUT2D eigenvalue weighted by molar-refractivity contribution is 6.30. The number of rotatable bonds is 10. The van der Waals surface area contributed by atoms with Crippen molar-refractivity contribution < 1.29 is 23.4 Å². The number of carbonyl (C=O) groups excluding carboxylic acids is 1. The second-order valence-electron chi connectivity index (χ2n) is 11.6. The van der Waals surface area contributed by atoms with Gasteiger partial charge in [-0.3, -0.25) is 9.88 Å². The molecule has 0 spiro atoms. The first-order valence-corrected chi connectivity index (χ1v) is 15.8. The van der Waals surface area contributed by atoms with E-state index in [0.717, 1.165) is 37.7 Å². The Labute approximate surface area is 273 Å². The molecule has 0 bridgehead atoms. The summed E-state index contributed by atoms with van der Waals surface area (Å²) in [5, 5.41) is 4.02. The second-order valence-corrected chi connectivity index (χ2v) is 12.0. The number of piperidine rings is 1. The van der Waals surface area contributed by atoms with E-state index >= 15 is 4.39 Å². The Morgan fingerprint density at radius 1 is 1.00 bits per heavy atom. The summed E-state index contributed by atoms with van der Waals surface area (Å²) in [4.78, 5) is 23.2. The largest absolute Gasteiger partial charge is 0.493 e. The zero-order valence-electron chi connectivity index (χ0n) is 25.9. The third kappa shape index (κ3) is 7.46. The lowest BCUT2D eigenvalue weighted by molar-refractivity contribution is 0.176. The Morgan fingerprint density at radius 2 is 1.80 bits per heavy atom. The molecule has 1 aromatic heterocycles. The highest BCUT2D eigenvalue weighted by Gasteiger charge is 2.21. The third-order valence-electron chi connectivity index (χ3n) is 8.29. The number of ether oxygens (including phenoxy) is 3. The number of pyridine rings is 1. The summed E-state index contributed by atoms with van der Waals surface area (Å²) in [5.74, 6) is 1.74. The number of hydrogen-bond donors (Lipinski definition) is 1. The molecule has 0 radical (unpaired) electrons. The van der Waals surface area contributed by atoms with Crippen molar-refractivity contribution in [2.45, 2.75) is 26.2 Å². The van der Waals surface area contributed by atoms with E-state index in [0.29, 0.717) is 52.1 Å². The molecule has 46 heavy (non-hydrogen) atoms. The summed E-state index contributed by atoms with van der Waals surface area (Å²) in [6.45, 7) is 6.48. The van der Waals surface area contributed by atoms with Crippen molar-refractivity contribution in [3.05, 3.63) is 90.1 Å². The number of nitrogens with one attached hydrogen (secondary N) is 1. The number of amides is 2. The second kappa shape index (κ2) is 14.3. The molecule has 240 valence electrons. The van der Waals surface area contributed by atoms with Crippen LogP contribution >= 0.6 is 11.6 Å². The third-order valence-corrected chi connectivity index (χ3v) is 8.54. The minimum absolute atomic E-state index is 0.00637. The van der Waals surface area contributed by atoms with E-state index in [2.05, 4.69) is 22.1 Å². The van der Waals surface area contributed by atoms with Gasteiger partial charge in [-0.1, -0.05) is 18.5 Å². The molecule has 3 heterocycles. The number of halogens is 2. The van der Waals surface area contributed by atoms with Crippen molar-refractivity contribution in [1.29, 1.82) is 0 Å². The van der Waals surface area contributed by atoms with Gasteiger partial charge in [0, 0.05) is 59.1 Å². The first-order chi connectivity index (χ1) is 22.4. The highest BCUT2D eigenvalue weighted by atomic mass is 35.5. The first-order valence-electron chi connectivity index (χ1n) is 15.4. The molecule has 1 N–H and O–H groups in total. The lowest BCUT2D eigenvalue weighted by Crippen LogP contribution is -2.34. The van der Waals surface area contributed by atoms with E-state index in [4.69, 9.17) is 25.8 Å². The number of likely N-dealkylation sites (tertiary alicyclic amines) is 1. The topological polar surface area (TPSA) is 79.4 Å². The summed E-state index contributed by atoms with van der Waals surface area (Å²) in [6, 6.07) is 16.5. The van der Waals surface area contributed by atoms with Crippen LogP contribution in [0.5, 0.6) is 23.0 Å².